The number of aryl methyl sites for hydroxylation is 1. The molecule has 104 valence electrons. The summed E-state index contributed by atoms with van der Waals surface area (Å²) < 4.78 is 0. The molecule has 1 fully saturated rings. The summed E-state index contributed by atoms with van der Waals surface area (Å²) in [5.41, 5.74) is 1.95. The lowest BCUT2D eigenvalue weighted by Crippen LogP contribution is -2.41. The molecule has 0 saturated carbocycles. The summed E-state index contributed by atoms with van der Waals surface area (Å²) in [4.78, 5) is 14.6. The van der Waals surface area contributed by atoms with Crippen molar-refractivity contribution in [2.45, 2.75) is 39.2 Å². The van der Waals surface area contributed by atoms with Crippen molar-refractivity contribution in [1.82, 2.24) is 10.2 Å². The summed E-state index contributed by atoms with van der Waals surface area (Å²) in [6, 6.07) is 8.35. The van der Waals surface area contributed by atoms with Crippen LogP contribution in [0.2, 0.25) is 0 Å². The minimum absolute atomic E-state index is 0.166. The van der Waals surface area contributed by atoms with Gasteiger partial charge in [-0.1, -0.05) is 24.6 Å². The van der Waals surface area contributed by atoms with Crippen LogP contribution >= 0.6 is 0 Å². The first-order valence-electron chi connectivity index (χ1n) is 7.30. The van der Waals surface area contributed by atoms with E-state index in [1.807, 2.05) is 36.1 Å². The third-order valence-corrected chi connectivity index (χ3v) is 3.65. The van der Waals surface area contributed by atoms with Gasteiger partial charge in [0.1, 0.15) is 0 Å². The highest BCUT2D eigenvalue weighted by atomic mass is 16.2. The van der Waals surface area contributed by atoms with Crippen LogP contribution < -0.4 is 5.32 Å². The summed E-state index contributed by atoms with van der Waals surface area (Å²) in [7, 11) is 0. The van der Waals surface area contributed by atoms with Gasteiger partial charge in [0, 0.05) is 24.7 Å². The molecular weight excluding hydrogens is 236 g/mol. The molecule has 0 aliphatic carbocycles. The average Bonchev–Trinajstić information content (AvgIpc) is 2.90. The lowest BCUT2D eigenvalue weighted by molar-refractivity contribution is 0.0742. The van der Waals surface area contributed by atoms with E-state index in [4.69, 9.17) is 0 Å². The van der Waals surface area contributed by atoms with Gasteiger partial charge in [0.25, 0.3) is 5.91 Å². The van der Waals surface area contributed by atoms with Crippen molar-refractivity contribution >= 4 is 5.91 Å². The molecular formula is C16H24N2O. The summed E-state index contributed by atoms with van der Waals surface area (Å²) in [6.07, 6.45) is 3.41. The molecule has 2 rings (SSSR count). The summed E-state index contributed by atoms with van der Waals surface area (Å²) >= 11 is 0. The predicted octanol–water partition coefficient (Wildman–Crippen LogP) is 2.60. The lowest BCUT2D eigenvalue weighted by Gasteiger charge is -2.25. The van der Waals surface area contributed by atoms with Gasteiger partial charge < -0.3 is 10.2 Å². The third-order valence-electron chi connectivity index (χ3n) is 3.65. The van der Waals surface area contributed by atoms with Crippen molar-refractivity contribution in [3.63, 3.8) is 0 Å². The Labute approximate surface area is 116 Å². The second kappa shape index (κ2) is 6.71. The summed E-state index contributed by atoms with van der Waals surface area (Å²) in [5.74, 6) is 0.166. The molecule has 1 aromatic rings. The number of amides is 1. The van der Waals surface area contributed by atoms with Gasteiger partial charge in [-0.2, -0.15) is 0 Å². The Balaban J connectivity index is 2.06. The quantitative estimate of drug-likeness (QED) is 0.882. The monoisotopic (exact) mass is 260 g/mol. The van der Waals surface area contributed by atoms with E-state index in [2.05, 4.69) is 12.2 Å². The van der Waals surface area contributed by atoms with E-state index in [0.29, 0.717) is 6.04 Å². The number of carbonyl (C=O) groups is 1. The van der Waals surface area contributed by atoms with Crippen LogP contribution in [0.4, 0.5) is 0 Å². The third kappa shape index (κ3) is 3.80. The van der Waals surface area contributed by atoms with Crippen LogP contribution in [0.1, 0.15) is 42.1 Å². The maximum atomic E-state index is 12.6. The Kier molecular flexibility index (Phi) is 4.97. The maximum Gasteiger partial charge on any atom is 0.253 e. The fraction of sp³-hybridized carbons (Fsp3) is 0.562. The number of nitrogens with one attached hydrogen (secondary N) is 1. The molecule has 1 N–H and O–H groups in total. The van der Waals surface area contributed by atoms with E-state index >= 15 is 0 Å². The van der Waals surface area contributed by atoms with Crippen LogP contribution in [0.25, 0.3) is 0 Å². The van der Waals surface area contributed by atoms with Gasteiger partial charge in [-0.15, -0.1) is 0 Å². The van der Waals surface area contributed by atoms with Crippen molar-refractivity contribution in [1.29, 1.82) is 0 Å². The van der Waals surface area contributed by atoms with Crippen molar-refractivity contribution in [3.8, 4) is 0 Å². The molecule has 1 amide bonds. The van der Waals surface area contributed by atoms with Crippen LogP contribution in [0, 0.1) is 6.92 Å². The van der Waals surface area contributed by atoms with E-state index < -0.39 is 0 Å². The average molecular weight is 260 g/mol. The van der Waals surface area contributed by atoms with Crippen molar-refractivity contribution in [3.05, 3.63) is 35.4 Å². The fourth-order valence-electron chi connectivity index (χ4n) is 2.68. The molecule has 3 nitrogen and oxygen atoms in total. The molecule has 0 aromatic heterocycles. The lowest BCUT2D eigenvalue weighted by atomic mass is 10.1. The number of rotatable bonds is 5. The van der Waals surface area contributed by atoms with Gasteiger partial charge in [0.05, 0.1) is 0 Å². The van der Waals surface area contributed by atoms with E-state index in [1.54, 1.807) is 0 Å². The van der Waals surface area contributed by atoms with E-state index in [1.165, 1.54) is 12.8 Å². The molecule has 19 heavy (non-hydrogen) atoms. The first kappa shape index (κ1) is 14.1. The van der Waals surface area contributed by atoms with E-state index in [9.17, 15) is 4.79 Å². The zero-order valence-corrected chi connectivity index (χ0v) is 12.0. The highest BCUT2D eigenvalue weighted by molar-refractivity contribution is 5.94. The van der Waals surface area contributed by atoms with Gasteiger partial charge in [0.15, 0.2) is 0 Å². The van der Waals surface area contributed by atoms with Gasteiger partial charge in [0.2, 0.25) is 0 Å². The molecule has 1 saturated heterocycles. The Morgan fingerprint density at radius 3 is 2.95 bits per heavy atom. The number of carbonyl (C=O) groups excluding carboxylic acids is 1. The van der Waals surface area contributed by atoms with Gasteiger partial charge in [-0.05, 0) is 44.9 Å². The van der Waals surface area contributed by atoms with Crippen LogP contribution in [0.5, 0.6) is 0 Å². The Morgan fingerprint density at radius 2 is 2.32 bits per heavy atom. The van der Waals surface area contributed by atoms with Crippen molar-refractivity contribution < 1.29 is 4.79 Å². The summed E-state index contributed by atoms with van der Waals surface area (Å²) in [5, 5.41) is 3.47. The second-order valence-electron chi connectivity index (χ2n) is 5.41. The molecule has 1 atom stereocenters. The SMILES string of the molecule is CCCN(CC1CCCN1)C(=O)c1cccc(C)c1. The van der Waals surface area contributed by atoms with E-state index in [0.717, 1.165) is 37.2 Å². The maximum absolute atomic E-state index is 12.6. The molecule has 0 bridgehead atoms. The smallest absolute Gasteiger partial charge is 0.253 e. The van der Waals surface area contributed by atoms with Crippen molar-refractivity contribution in [2.24, 2.45) is 0 Å². The highest BCUT2D eigenvalue weighted by Gasteiger charge is 2.21. The largest absolute Gasteiger partial charge is 0.337 e. The first-order chi connectivity index (χ1) is 9.20. The number of hydrogen-bond acceptors (Lipinski definition) is 2. The number of nitrogens with zero attached hydrogens (tertiary/aromatic N) is 1. The standard InChI is InChI=1S/C16H24N2O/c1-3-10-18(12-15-8-5-9-17-15)16(19)14-7-4-6-13(2)11-14/h4,6-7,11,15,17H,3,5,8-10,12H2,1-2H3. The number of benzene rings is 1. The molecule has 1 aliphatic heterocycles. The Morgan fingerprint density at radius 1 is 1.47 bits per heavy atom. The Hall–Kier alpha value is -1.35. The minimum atomic E-state index is 0.166. The molecule has 1 heterocycles. The zero-order chi connectivity index (χ0) is 13.7. The molecule has 3 heteroatoms. The van der Waals surface area contributed by atoms with Gasteiger partial charge in [-0.3, -0.25) is 4.79 Å². The fourth-order valence-corrected chi connectivity index (χ4v) is 2.68. The summed E-state index contributed by atoms with van der Waals surface area (Å²) in [6.45, 7) is 6.91. The van der Waals surface area contributed by atoms with Crippen molar-refractivity contribution in [2.75, 3.05) is 19.6 Å². The Bertz CT molecular complexity index is 425. The second-order valence-corrected chi connectivity index (χ2v) is 5.41. The molecule has 1 aliphatic rings. The van der Waals surface area contributed by atoms with Gasteiger partial charge >= 0.3 is 0 Å². The van der Waals surface area contributed by atoms with Crippen LogP contribution in [0.15, 0.2) is 24.3 Å². The predicted molar refractivity (Wildman–Crippen MR) is 78.4 cm³/mol. The minimum Gasteiger partial charge on any atom is -0.337 e. The molecule has 1 unspecified atom stereocenters. The topological polar surface area (TPSA) is 32.3 Å². The highest BCUT2D eigenvalue weighted by Crippen LogP contribution is 2.12. The van der Waals surface area contributed by atoms with Crippen LogP contribution in [-0.2, 0) is 0 Å². The molecule has 0 radical (unpaired) electrons. The zero-order valence-electron chi connectivity index (χ0n) is 12.0. The van der Waals surface area contributed by atoms with E-state index in [-0.39, 0.29) is 5.91 Å². The molecule has 0 spiro atoms. The van der Waals surface area contributed by atoms with Crippen LogP contribution in [0.3, 0.4) is 0 Å². The number of hydrogen-bond donors (Lipinski definition) is 1. The molecule has 1 aromatic carbocycles. The normalized spacial score (nSPS) is 18.5. The van der Waals surface area contributed by atoms with Gasteiger partial charge in [-0.25, -0.2) is 0 Å². The van der Waals surface area contributed by atoms with Crippen LogP contribution in [-0.4, -0.2) is 36.5 Å². The first-order valence-corrected chi connectivity index (χ1v) is 7.30.